The topological polar surface area (TPSA) is 69.9 Å². The number of thioether (sulfide) groups is 1. The second-order valence-corrected chi connectivity index (χ2v) is 6.97. The second-order valence-electron chi connectivity index (χ2n) is 5.80. The molecule has 0 saturated heterocycles. The Bertz CT molecular complexity index is 922. The quantitative estimate of drug-likeness (QED) is 0.496. The average molecular weight is 358 g/mol. The first-order valence-electron chi connectivity index (χ1n) is 8.54. The number of benzene rings is 1. The summed E-state index contributed by atoms with van der Waals surface area (Å²) in [7, 11) is 1.97. The van der Waals surface area contributed by atoms with Crippen LogP contribution in [0.3, 0.4) is 0 Å². The van der Waals surface area contributed by atoms with Crippen LogP contribution in [0.5, 0.6) is 0 Å². The molecule has 0 bridgehead atoms. The van der Waals surface area contributed by atoms with Crippen LogP contribution in [-0.2, 0) is 23.0 Å². The van der Waals surface area contributed by atoms with Gasteiger partial charge in [-0.1, -0.05) is 31.7 Å². The first-order chi connectivity index (χ1) is 12.1. The first kappa shape index (κ1) is 17.7. The maximum Gasteiger partial charge on any atom is 0.319 e. The van der Waals surface area contributed by atoms with Crippen molar-refractivity contribution in [3.05, 3.63) is 23.8 Å². The molecule has 3 rings (SSSR count). The summed E-state index contributed by atoms with van der Waals surface area (Å²) < 4.78 is 7.13. The third-order valence-corrected chi connectivity index (χ3v) is 5.41. The number of ether oxygens (including phenoxy) is 1. The third kappa shape index (κ3) is 3.33. The van der Waals surface area contributed by atoms with E-state index in [9.17, 15) is 4.79 Å². The Kier molecular flexibility index (Phi) is 5.22. The van der Waals surface area contributed by atoms with E-state index in [4.69, 9.17) is 4.74 Å². The van der Waals surface area contributed by atoms with Crippen LogP contribution in [0.15, 0.2) is 23.4 Å². The monoisotopic (exact) mass is 358 g/mol. The minimum Gasteiger partial charge on any atom is -0.465 e. The number of aromatic nitrogens is 4. The molecular weight excluding hydrogens is 336 g/mol. The van der Waals surface area contributed by atoms with Crippen LogP contribution in [0.25, 0.3) is 22.1 Å². The highest BCUT2D eigenvalue weighted by Gasteiger charge is 2.22. The Hall–Kier alpha value is -2.15. The molecule has 7 heteroatoms. The van der Waals surface area contributed by atoms with Crippen LogP contribution in [-0.4, -0.2) is 37.6 Å². The summed E-state index contributed by atoms with van der Waals surface area (Å²) in [5.74, 6) is -0.233. The fourth-order valence-corrected chi connectivity index (χ4v) is 3.63. The van der Waals surface area contributed by atoms with Crippen molar-refractivity contribution in [1.29, 1.82) is 0 Å². The van der Waals surface area contributed by atoms with E-state index in [1.807, 2.05) is 18.5 Å². The largest absolute Gasteiger partial charge is 0.465 e. The summed E-state index contributed by atoms with van der Waals surface area (Å²) in [6.07, 6.45) is 1.62. The lowest BCUT2D eigenvalue weighted by molar-refractivity contribution is -0.142. The van der Waals surface area contributed by atoms with Gasteiger partial charge in [-0.05, 0) is 37.5 Å². The molecule has 2 aromatic heterocycles. The predicted octanol–water partition coefficient (Wildman–Crippen LogP) is 3.51. The van der Waals surface area contributed by atoms with Crippen molar-refractivity contribution in [3.63, 3.8) is 0 Å². The van der Waals surface area contributed by atoms with Gasteiger partial charge in [0.15, 0.2) is 5.65 Å². The number of carbonyl (C=O) groups is 1. The number of nitrogens with zero attached hydrogens (tertiary/aromatic N) is 4. The molecule has 0 amide bonds. The van der Waals surface area contributed by atoms with Crippen LogP contribution in [0.4, 0.5) is 0 Å². The lowest BCUT2D eigenvalue weighted by Gasteiger charge is -2.11. The van der Waals surface area contributed by atoms with Crippen LogP contribution in [0, 0.1) is 0 Å². The SMILES string of the molecule is CCOC(=O)[C@H](CC)Sc1nnc2c3cc(CC)ccc3n(C)c2n1. The normalized spacial score (nSPS) is 12.6. The molecule has 0 unspecified atom stereocenters. The van der Waals surface area contributed by atoms with Crippen molar-refractivity contribution in [2.75, 3.05) is 6.61 Å². The number of carbonyl (C=O) groups excluding carboxylic acids is 1. The molecule has 3 aromatic rings. The lowest BCUT2D eigenvalue weighted by atomic mass is 10.1. The van der Waals surface area contributed by atoms with E-state index in [0.29, 0.717) is 18.2 Å². The highest BCUT2D eigenvalue weighted by Crippen LogP contribution is 2.29. The maximum absolute atomic E-state index is 12.0. The highest BCUT2D eigenvalue weighted by molar-refractivity contribution is 8.00. The zero-order chi connectivity index (χ0) is 18.0. The van der Waals surface area contributed by atoms with E-state index in [0.717, 1.165) is 28.5 Å². The van der Waals surface area contributed by atoms with E-state index in [2.05, 4.69) is 40.3 Å². The number of fused-ring (bicyclic) bond motifs is 3. The van der Waals surface area contributed by atoms with Gasteiger partial charge in [0, 0.05) is 12.4 Å². The molecule has 6 nitrogen and oxygen atoms in total. The number of hydrogen-bond donors (Lipinski definition) is 0. The van der Waals surface area contributed by atoms with Crippen LogP contribution in [0.1, 0.15) is 32.8 Å². The predicted molar refractivity (Wildman–Crippen MR) is 99.8 cm³/mol. The summed E-state index contributed by atoms with van der Waals surface area (Å²) in [5, 5.41) is 9.87. The zero-order valence-electron chi connectivity index (χ0n) is 14.9. The van der Waals surface area contributed by atoms with Crippen molar-refractivity contribution in [1.82, 2.24) is 19.7 Å². The Morgan fingerprint density at radius 1 is 1.28 bits per heavy atom. The average Bonchev–Trinajstić information content (AvgIpc) is 2.91. The number of aryl methyl sites for hydroxylation is 2. The Balaban J connectivity index is 2.01. The Labute approximate surface area is 151 Å². The summed E-state index contributed by atoms with van der Waals surface area (Å²) in [4.78, 5) is 16.6. The van der Waals surface area contributed by atoms with Gasteiger partial charge in [0.25, 0.3) is 0 Å². The van der Waals surface area contributed by atoms with E-state index in [1.54, 1.807) is 6.92 Å². The molecule has 0 aliphatic carbocycles. The van der Waals surface area contributed by atoms with E-state index in [-0.39, 0.29) is 11.2 Å². The number of esters is 1. The van der Waals surface area contributed by atoms with Gasteiger partial charge >= 0.3 is 5.97 Å². The van der Waals surface area contributed by atoms with Gasteiger partial charge in [-0.15, -0.1) is 10.2 Å². The summed E-state index contributed by atoms with van der Waals surface area (Å²) >= 11 is 1.31. The van der Waals surface area contributed by atoms with E-state index >= 15 is 0 Å². The lowest BCUT2D eigenvalue weighted by Crippen LogP contribution is -2.19. The second kappa shape index (κ2) is 7.39. The summed E-state index contributed by atoms with van der Waals surface area (Å²) in [6, 6.07) is 6.37. The molecule has 0 saturated carbocycles. The molecular formula is C18H22N4O2S. The van der Waals surface area contributed by atoms with Crippen molar-refractivity contribution in [3.8, 4) is 0 Å². The fraction of sp³-hybridized carbons (Fsp3) is 0.444. The van der Waals surface area contributed by atoms with E-state index in [1.165, 1.54) is 17.3 Å². The molecule has 0 aliphatic heterocycles. The minimum absolute atomic E-state index is 0.233. The number of hydrogen-bond acceptors (Lipinski definition) is 6. The van der Waals surface area contributed by atoms with Gasteiger partial charge in [0.05, 0.1) is 12.1 Å². The summed E-state index contributed by atoms with van der Waals surface area (Å²) in [6.45, 7) is 6.26. The number of rotatable bonds is 6. The molecule has 0 spiro atoms. The van der Waals surface area contributed by atoms with Crippen LogP contribution < -0.4 is 0 Å². The molecule has 132 valence electrons. The third-order valence-electron chi connectivity index (χ3n) is 4.22. The first-order valence-corrected chi connectivity index (χ1v) is 9.42. The molecule has 0 radical (unpaired) electrons. The summed E-state index contributed by atoms with van der Waals surface area (Å²) in [5.41, 5.74) is 3.91. The van der Waals surface area contributed by atoms with Gasteiger partial charge < -0.3 is 9.30 Å². The Morgan fingerprint density at radius 3 is 2.76 bits per heavy atom. The van der Waals surface area contributed by atoms with Gasteiger partial charge in [-0.25, -0.2) is 4.98 Å². The highest BCUT2D eigenvalue weighted by atomic mass is 32.2. The van der Waals surface area contributed by atoms with E-state index < -0.39 is 0 Å². The van der Waals surface area contributed by atoms with Crippen molar-refractivity contribution >= 4 is 39.8 Å². The van der Waals surface area contributed by atoms with Crippen molar-refractivity contribution in [2.45, 2.75) is 44.0 Å². The van der Waals surface area contributed by atoms with Crippen LogP contribution in [0.2, 0.25) is 0 Å². The smallest absolute Gasteiger partial charge is 0.319 e. The Morgan fingerprint density at radius 2 is 2.08 bits per heavy atom. The maximum atomic E-state index is 12.0. The zero-order valence-corrected chi connectivity index (χ0v) is 15.8. The van der Waals surface area contributed by atoms with Crippen molar-refractivity contribution < 1.29 is 9.53 Å². The molecule has 0 aliphatic rings. The van der Waals surface area contributed by atoms with Crippen molar-refractivity contribution in [2.24, 2.45) is 7.05 Å². The molecule has 2 heterocycles. The van der Waals surface area contributed by atoms with Gasteiger partial charge in [-0.3, -0.25) is 4.79 Å². The fourth-order valence-electron chi connectivity index (χ4n) is 2.82. The molecule has 1 atom stereocenters. The minimum atomic E-state index is -0.319. The molecule has 25 heavy (non-hydrogen) atoms. The molecule has 0 N–H and O–H groups in total. The van der Waals surface area contributed by atoms with Gasteiger partial charge in [0.2, 0.25) is 5.16 Å². The van der Waals surface area contributed by atoms with Crippen LogP contribution >= 0.6 is 11.8 Å². The van der Waals surface area contributed by atoms with Gasteiger partial charge in [-0.2, -0.15) is 0 Å². The molecule has 0 fully saturated rings. The molecule has 1 aromatic carbocycles. The van der Waals surface area contributed by atoms with Gasteiger partial charge in [0.1, 0.15) is 10.8 Å². The standard InChI is InChI=1S/C18H22N4O2S/c1-5-11-8-9-13-12(10-11)15-16(22(13)4)19-18(21-20-15)25-14(6-2)17(23)24-7-3/h8-10,14H,5-7H2,1-4H3/t14-/m0/s1.